The molecular weight excluding hydrogens is 240 g/mol. The van der Waals surface area contributed by atoms with Crippen LogP contribution >= 0.6 is 23.4 Å². The van der Waals surface area contributed by atoms with E-state index < -0.39 is 5.97 Å². The molecule has 1 N–H and O–H groups in total. The number of hydrogen-bond donors (Lipinski definition) is 1. The molecule has 0 aliphatic carbocycles. The predicted octanol–water partition coefficient (Wildman–Crippen LogP) is 1.71. The molecule has 5 nitrogen and oxygen atoms in total. The number of rotatable bonds is 5. The number of methoxy groups -OCH3 is 1. The van der Waals surface area contributed by atoms with Crippen molar-refractivity contribution in [3.8, 4) is 6.01 Å². The van der Waals surface area contributed by atoms with E-state index in [1.165, 1.54) is 25.1 Å². The molecule has 0 fully saturated rings. The van der Waals surface area contributed by atoms with Crippen molar-refractivity contribution in [3.05, 3.63) is 11.2 Å². The lowest BCUT2D eigenvalue weighted by molar-refractivity contribution is -0.136. The summed E-state index contributed by atoms with van der Waals surface area (Å²) < 4.78 is 4.83. The molecule has 0 aliphatic heterocycles. The van der Waals surface area contributed by atoms with Gasteiger partial charge in [0.05, 0.1) is 24.8 Å². The van der Waals surface area contributed by atoms with Crippen molar-refractivity contribution >= 4 is 29.3 Å². The number of carboxylic acid groups (broad SMARTS) is 1. The summed E-state index contributed by atoms with van der Waals surface area (Å²) in [6, 6.07) is 0.220. The van der Waals surface area contributed by atoms with Gasteiger partial charge < -0.3 is 9.84 Å². The number of aromatic nitrogens is 2. The standard InChI is InChI=1S/C8H9ClN2O3S/c1-14-8-10-4-5(9)7(11-8)15-3-2-6(12)13/h4H,2-3H2,1H3,(H,12,13). The van der Waals surface area contributed by atoms with Crippen LogP contribution in [0, 0.1) is 0 Å². The Morgan fingerprint density at radius 3 is 3.07 bits per heavy atom. The molecule has 1 aromatic heterocycles. The lowest BCUT2D eigenvalue weighted by atomic mass is 10.5. The summed E-state index contributed by atoms with van der Waals surface area (Å²) in [7, 11) is 1.45. The van der Waals surface area contributed by atoms with Crippen LogP contribution < -0.4 is 4.74 Å². The highest BCUT2D eigenvalue weighted by atomic mass is 35.5. The maximum atomic E-state index is 10.3. The largest absolute Gasteiger partial charge is 0.481 e. The van der Waals surface area contributed by atoms with Gasteiger partial charge in [-0.1, -0.05) is 11.6 Å². The molecule has 1 rings (SSSR count). The number of thioether (sulfide) groups is 1. The molecule has 1 heterocycles. The van der Waals surface area contributed by atoms with Crippen LogP contribution in [0.5, 0.6) is 6.01 Å². The molecule has 7 heteroatoms. The van der Waals surface area contributed by atoms with Crippen LogP contribution in [0.1, 0.15) is 6.42 Å². The third-order valence-electron chi connectivity index (χ3n) is 1.43. The summed E-state index contributed by atoms with van der Waals surface area (Å²) in [6.45, 7) is 0. The molecule has 0 unspecified atom stereocenters. The zero-order valence-electron chi connectivity index (χ0n) is 7.94. The number of carboxylic acids is 1. The van der Waals surface area contributed by atoms with E-state index in [9.17, 15) is 4.79 Å². The Labute approximate surface area is 95.8 Å². The van der Waals surface area contributed by atoms with Crippen molar-refractivity contribution in [2.45, 2.75) is 11.4 Å². The molecule has 0 aliphatic rings. The van der Waals surface area contributed by atoms with E-state index in [2.05, 4.69) is 9.97 Å². The van der Waals surface area contributed by atoms with Crippen LogP contribution in [0.2, 0.25) is 5.02 Å². The minimum Gasteiger partial charge on any atom is -0.481 e. The second kappa shape index (κ2) is 5.77. The molecule has 82 valence electrons. The predicted molar refractivity (Wildman–Crippen MR) is 56.6 cm³/mol. The molecule has 15 heavy (non-hydrogen) atoms. The van der Waals surface area contributed by atoms with E-state index >= 15 is 0 Å². The van der Waals surface area contributed by atoms with Gasteiger partial charge in [0.25, 0.3) is 0 Å². The van der Waals surface area contributed by atoms with Gasteiger partial charge in [0.2, 0.25) is 0 Å². The van der Waals surface area contributed by atoms with E-state index in [0.717, 1.165) is 0 Å². The van der Waals surface area contributed by atoms with Crippen molar-refractivity contribution in [1.29, 1.82) is 0 Å². The second-order valence-electron chi connectivity index (χ2n) is 2.50. The first-order chi connectivity index (χ1) is 7.13. The van der Waals surface area contributed by atoms with Crippen LogP contribution in [0.15, 0.2) is 11.2 Å². The molecule has 0 radical (unpaired) electrons. The van der Waals surface area contributed by atoms with E-state index in [4.69, 9.17) is 21.4 Å². The second-order valence-corrected chi connectivity index (χ2v) is 3.99. The van der Waals surface area contributed by atoms with Gasteiger partial charge in [-0.3, -0.25) is 4.79 Å². The first kappa shape index (κ1) is 12.1. The van der Waals surface area contributed by atoms with E-state index in [1.807, 2.05) is 0 Å². The fourth-order valence-electron chi connectivity index (χ4n) is 0.771. The number of carbonyl (C=O) groups is 1. The Balaban J connectivity index is 2.62. The first-order valence-corrected chi connectivity index (χ1v) is 5.41. The van der Waals surface area contributed by atoms with Crippen molar-refractivity contribution in [3.63, 3.8) is 0 Å². The zero-order valence-corrected chi connectivity index (χ0v) is 9.51. The van der Waals surface area contributed by atoms with Gasteiger partial charge in [-0.2, -0.15) is 4.98 Å². The zero-order chi connectivity index (χ0) is 11.3. The number of hydrogen-bond acceptors (Lipinski definition) is 5. The molecular formula is C8H9ClN2O3S. The normalized spacial score (nSPS) is 10.0. The molecule has 0 aromatic carbocycles. The number of halogens is 1. The fraction of sp³-hybridized carbons (Fsp3) is 0.375. The molecule has 0 atom stereocenters. The summed E-state index contributed by atoms with van der Waals surface area (Å²) in [5, 5.41) is 9.38. The Morgan fingerprint density at radius 2 is 2.47 bits per heavy atom. The van der Waals surface area contributed by atoms with Crippen LogP contribution in [0.3, 0.4) is 0 Å². The van der Waals surface area contributed by atoms with Gasteiger partial charge >= 0.3 is 12.0 Å². The Hall–Kier alpha value is -1.01. The third-order valence-corrected chi connectivity index (χ3v) is 2.81. The quantitative estimate of drug-likeness (QED) is 0.632. The minimum atomic E-state index is -0.848. The average molecular weight is 249 g/mol. The van der Waals surface area contributed by atoms with Gasteiger partial charge in [0, 0.05) is 5.75 Å². The van der Waals surface area contributed by atoms with Crippen LogP contribution in [0.4, 0.5) is 0 Å². The Kier molecular flexibility index (Phi) is 4.64. The van der Waals surface area contributed by atoms with Gasteiger partial charge in [-0.15, -0.1) is 11.8 Å². The van der Waals surface area contributed by atoms with E-state index in [-0.39, 0.29) is 12.4 Å². The van der Waals surface area contributed by atoms with E-state index in [1.54, 1.807) is 0 Å². The Bertz CT molecular complexity index is 362. The van der Waals surface area contributed by atoms with Crippen LogP contribution in [-0.2, 0) is 4.79 Å². The summed E-state index contributed by atoms with van der Waals surface area (Å²) in [4.78, 5) is 18.1. The molecule has 0 spiro atoms. The maximum Gasteiger partial charge on any atom is 0.317 e. The SMILES string of the molecule is COc1ncc(Cl)c(SCCC(=O)O)n1. The van der Waals surface area contributed by atoms with Gasteiger partial charge in [-0.25, -0.2) is 4.98 Å². The molecule has 0 bridgehead atoms. The van der Waals surface area contributed by atoms with E-state index in [0.29, 0.717) is 15.8 Å². The summed E-state index contributed by atoms with van der Waals surface area (Å²) in [5.41, 5.74) is 0. The lowest BCUT2D eigenvalue weighted by Gasteiger charge is -2.03. The highest BCUT2D eigenvalue weighted by molar-refractivity contribution is 7.99. The Morgan fingerprint density at radius 1 is 1.73 bits per heavy atom. The van der Waals surface area contributed by atoms with Crippen molar-refractivity contribution in [2.24, 2.45) is 0 Å². The van der Waals surface area contributed by atoms with Crippen LogP contribution in [-0.4, -0.2) is 33.9 Å². The smallest absolute Gasteiger partial charge is 0.317 e. The number of nitrogens with zero attached hydrogens (tertiary/aromatic N) is 2. The number of aliphatic carboxylic acids is 1. The monoisotopic (exact) mass is 248 g/mol. The molecule has 0 amide bonds. The fourth-order valence-corrected chi connectivity index (χ4v) is 1.83. The summed E-state index contributed by atoms with van der Waals surface area (Å²) in [5.74, 6) is -0.436. The first-order valence-electron chi connectivity index (χ1n) is 4.04. The third kappa shape index (κ3) is 3.93. The van der Waals surface area contributed by atoms with Gasteiger partial charge in [0.1, 0.15) is 5.03 Å². The van der Waals surface area contributed by atoms with Crippen molar-refractivity contribution in [2.75, 3.05) is 12.9 Å². The summed E-state index contributed by atoms with van der Waals surface area (Å²) >= 11 is 7.08. The van der Waals surface area contributed by atoms with Gasteiger partial charge in [-0.05, 0) is 0 Å². The highest BCUT2D eigenvalue weighted by Crippen LogP contribution is 2.26. The maximum absolute atomic E-state index is 10.3. The molecule has 0 saturated heterocycles. The van der Waals surface area contributed by atoms with Crippen molar-refractivity contribution < 1.29 is 14.6 Å². The average Bonchev–Trinajstić information content (AvgIpc) is 2.20. The lowest BCUT2D eigenvalue weighted by Crippen LogP contribution is -1.98. The molecule has 1 aromatic rings. The summed E-state index contributed by atoms with van der Waals surface area (Å²) in [6.07, 6.45) is 1.49. The highest BCUT2D eigenvalue weighted by Gasteiger charge is 2.07. The van der Waals surface area contributed by atoms with Gasteiger partial charge in [0.15, 0.2) is 0 Å². The van der Waals surface area contributed by atoms with Crippen molar-refractivity contribution in [1.82, 2.24) is 9.97 Å². The number of ether oxygens (including phenoxy) is 1. The minimum absolute atomic E-state index is 0.0628. The van der Waals surface area contributed by atoms with Crippen LogP contribution in [0.25, 0.3) is 0 Å². The molecule has 0 saturated carbocycles. The topological polar surface area (TPSA) is 72.3 Å².